The fourth-order valence-corrected chi connectivity index (χ4v) is 2.72. The maximum Gasteiger partial charge on any atom is 0.238 e. The first-order chi connectivity index (χ1) is 7.95. The van der Waals surface area contributed by atoms with Crippen LogP contribution < -0.4 is 5.32 Å². The topological polar surface area (TPSA) is 52.9 Å². The maximum atomic E-state index is 11.4. The Labute approximate surface area is 117 Å². The van der Waals surface area contributed by atoms with Crippen LogP contribution in [0.15, 0.2) is 21.1 Å². The molecule has 0 heterocycles. The molecule has 0 saturated carbocycles. The molecule has 1 aromatic carbocycles. The summed E-state index contributed by atoms with van der Waals surface area (Å²) >= 11 is 6.84. The van der Waals surface area contributed by atoms with E-state index in [0.717, 1.165) is 8.95 Å². The zero-order valence-corrected chi connectivity index (χ0v) is 12.7. The predicted octanol–water partition coefficient (Wildman–Crippen LogP) is 4.19. The third-order valence-electron chi connectivity index (χ3n) is 2.24. The zero-order valence-electron chi connectivity index (χ0n) is 9.55. The molecular weight excluding hydrogens is 348 g/mol. The van der Waals surface area contributed by atoms with Crippen molar-refractivity contribution in [3.05, 3.63) is 26.6 Å². The van der Waals surface area contributed by atoms with E-state index in [1.807, 2.05) is 18.2 Å². The predicted molar refractivity (Wildman–Crippen MR) is 74.8 cm³/mol. The minimum Gasteiger partial charge on any atom is -0.323 e. The van der Waals surface area contributed by atoms with Gasteiger partial charge in [-0.1, -0.05) is 13.8 Å². The molecule has 1 rings (SSSR count). The number of amides is 1. The highest BCUT2D eigenvalue weighted by molar-refractivity contribution is 9.11. The second kappa shape index (κ2) is 6.18. The molecule has 1 N–H and O–H groups in total. The molecule has 17 heavy (non-hydrogen) atoms. The monoisotopic (exact) mass is 358 g/mol. The van der Waals surface area contributed by atoms with Gasteiger partial charge in [-0.15, -0.1) is 0 Å². The van der Waals surface area contributed by atoms with E-state index in [-0.39, 0.29) is 12.3 Å². The van der Waals surface area contributed by atoms with Crippen LogP contribution in [0.2, 0.25) is 0 Å². The van der Waals surface area contributed by atoms with E-state index >= 15 is 0 Å². The van der Waals surface area contributed by atoms with E-state index in [1.54, 1.807) is 0 Å². The summed E-state index contributed by atoms with van der Waals surface area (Å²) in [6.07, 6.45) is -0.148. The van der Waals surface area contributed by atoms with Crippen LogP contribution in [-0.2, 0) is 4.79 Å². The molecule has 0 aliphatic heterocycles. The van der Waals surface area contributed by atoms with Gasteiger partial charge in [0.2, 0.25) is 5.91 Å². The van der Waals surface area contributed by atoms with Crippen molar-refractivity contribution < 1.29 is 4.79 Å². The van der Waals surface area contributed by atoms with Gasteiger partial charge in [-0.05, 0) is 55.5 Å². The van der Waals surface area contributed by atoms with Crippen LogP contribution in [0.4, 0.5) is 5.69 Å². The Morgan fingerprint density at radius 1 is 1.41 bits per heavy atom. The Morgan fingerprint density at radius 2 is 1.94 bits per heavy atom. The number of rotatable bonds is 3. The standard InChI is InChI=1S/C12H12Br2N2O/c1-7(2)8-5-9(13)12(10(14)6-8)16-11(17)3-4-15/h5-7H,3H2,1-2H3,(H,16,17). The summed E-state index contributed by atoms with van der Waals surface area (Å²) in [5.74, 6) is 0.0951. The molecule has 0 saturated heterocycles. The molecule has 0 atom stereocenters. The van der Waals surface area contributed by atoms with Crippen molar-refractivity contribution in [2.75, 3.05) is 5.32 Å². The summed E-state index contributed by atoms with van der Waals surface area (Å²) in [6, 6.07) is 5.75. The highest BCUT2D eigenvalue weighted by Gasteiger charge is 2.12. The summed E-state index contributed by atoms with van der Waals surface area (Å²) < 4.78 is 1.61. The molecule has 0 radical (unpaired) electrons. The number of carbonyl (C=O) groups excluding carboxylic acids is 1. The van der Waals surface area contributed by atoms with Crippen LogP contribution in [-0.4, -0.2) is 5.91 Å². The molecule has 0 spiro atoms. The van der Waals surface area contributed by atoms with Crippen LogP contribution in [0.5, 0.6) is 0 Å². The second-order valence-corrected chi connectivity index (χ2v) is 5.61. The first-order valence-electron chi connectivity index (χ1n) is 5.11. The van der Waals surface area contributed by atoms with Gasteiger partial charge in [0.25, 0.3) is 0 Å². The van der Waals surface area contributed by atoms with Crippen LogP contribution in [0.3, 0.4) is 0 Å². The minimum atomic E-state index is -0.314. The van der Waals surface area contributed by atoms with E-state index in [2.05, 4.69) is 51.0 Å². The molecule has 90 valence electrons. The van der Waals surface area contributed by atoms with Gasteiger partial charge in [-0.3, -0.25) is 4.79 Å². The van der Waals surface area contributed by atoms with Crippen LogP contribution >= 0.6 is 31.9 Å². The first-order valence-corrected chi connectivity index (χ1v) is 6.70. The highest BCUT2D eigenvalue weighted by atomic mass is 79.9. The van der Waals surface area contributed by atoms with Gasteiger partial charge in [0.15, 0.2) is 0 Å². The summed E-state index contributed by atoms with van der Waals surface area (Å²) in [5.41, 5.74) is 1.83. The van der Waals surface area contributed by atoms with Crippen molar-refractivity contribution in [3.63, 3.8) is 0 Å². The molecule has 0 unspecified atom stereocenters. The number of nitrogens with zero attached hydrogens (tertiary/aromatic N) is 1. The quantitative estimate of drug-likeness (QED) is 0.879. The molecule has 1 aromatic rings. The van der Waals surface area contributed by atoms with Gasteiger partial charge in [0.1, 0.15) is 6.42 Å². The average molecular weight is 360 g/mol. The Kier molecular flexibility index (Phi) is 5.16. The number of hydrogen-bond acceptors (Lipinski definition) is 2. The molecule has 0 aromatic heterocycles. The normalized spacial score (nSPS) is 10.1. The first kappa shape index (κ1) is 14.2. The Balaban J connectivity index is 3.02. The molecule has 0 aliphatic carbocycles. The SMILES string of the molecule is CC(C)c1cc(Br)c(NC(=O)CC#N)c(Br)c1. The van der Waals surface area contributed by atoms with Crippen LogP contribution in [0.25, 0.3) is 0 Å². The number of anilines is 1. The summed E-state index contributed by atoms with van der Waals surface area (Å²) in [5, 5.41) is 11.1. The van der Waals surface area contributed by atoms with E-state index in [0.29, 0.717) is 11.6 Å². The number of halogens is 2. The molecular formula is C12H12Br2N2O. The van der Waals surface area contributed by atoms with Crippen molar-refractivity contribution in [3.8, 4) is 6.07 Å². The van der Waals surface area contributed by atoms with E-state index in [4.69, 9.17) is 5.26 Å². The number of carbonyl (C=O) groups is 1. The lowest BCUT2D eigenvalue weighted by molar-refractivity contribution is -0.115. The number of nitrogens with one attached hydrogen (secondary N) is 1. The van der Waals surface area contributed by atoms with Gasteiger partial charge in [0, 0.05) is 8.95 Å². The van der Waals surface area contributed by atoms with Gasteiger partial charge >= 0.3 is 0 Å². The van der Waals surface area contributed by atoms with Gasteiger partial charge < -0.3 is 5.32 Å². The fourth-order valence-electron chi connectivity index (χ4n) is 1.30. The van der Waals surface area contributed by atoms with Gasteiger partial charge in [-0.2, -0.15) is 5.26 Å². The smallest absolute Gasteiger partial charge is 0.238 e. The van der Waals surface area contributed by atoms with Crippen molar-refractivity contribution in [1.29, 1.82) is 5.26 Å². The third-order valence-corrected chi connectivity index (χ3v) is 3.49. The minimum absolute atomic E-state index is 0.148. The molecule has 0 bridgehead atoms. The molecule has 5 heteroatoms. The summed E-state index contributed by atoms with van der Waals surface area (Å²) in [4.78, 5) is 11.4. The molecule has 0 fully saturated rings. The van der Waals surface area contributed by atoms with Crippen molar-refractivity contribution >= 4 is 43.5 Å². The molecule has 1 amide bonds. The lowest BCUT2D eigenvalue weighted by Gasteiger charge is -2.13. The van der Waals surface area contributed by atoms with Gasteiger partial charge in [-0.25, -0.2) is 0 Å². The third kappa shape index (κ3) is 3.83. The molecule has 3 nitrogen and oxygen atoms in total. The lowest BCUT2D eigenvalue weighted by atomic mass is 10.0. The van der Waals surface area contributed by atoms with Crippen LogP contribution in [0, 0.1) is 11.3 Å². The number of hydrogen-bond donors (Lipinski definition) is 1. The fraction of sp³-hybridized carbons (Fsp3) is 0.333. The summed E-state index contributed by atoms with van der Waals surface area (Å²) in [6.45, 7) is 4.20. The molecule has 0 aliphatic rings. The van der Waals surface area contributed by atoms with Gasteiger partial charge in [0.05, 0.1) is 11.8 Å². The number of benzene rings is 1. The van der Waals surface area contributed by atoms with E-state index in [1.165, 1.54) is 5.56 Å². The second-order valence-electron chi connectivity index (χ2n) is 3.90. The van der Waals surface area contributed by atoms with Crippen molar-refractivity contribution in [1.82, 2.24) is 0 Å². The van der Waals surface area contributed by atoms with E-state index in [9.17, 15) is 4.79 Å². The average Bonchev–Trinajstić information content (AvgIpc) is 2.23. The van der Waals surface area contributed by atoms with Crippen molar-refractivity contribution in [2.45, 2.75) is 26.2 Å². The Hall–Kier alpha value is -0.860. The highest BCUT2D eigenvalue weighted by Crippen LogP contribution is 2.34. The largest absolute Gasteiger partial charge is 0.323 e. The number of nitriles is 1. The zero-order chi connectivity index (χ0) is 13.0. The van der Waals surface area contributed by atoms with Crippen molar-refractivity contribution in [2.24, 2.45) is 0 Å². The Bertz CT molecular complexity index is 455. The Morgan fingerprint density at radius 3 is 2.35 bits per heavy atom. The summed E-state index contributed by atoms with van der Waals surface area (Å²) in [7, 11) is 0. The van der Waals surface area contributed by atoms with Crippen LogP contribution in [0.1, 0.15) is 31.7 Å². The van der Waals surface area contributed by atoms with E-state index < -0.39 is 0 Å². The maximum absolute atomic E-state index is 11.4. The lowest BCUT2D eigenvalue weighted by Crippen LogP contribution is -2.11.